The Bertz CT molecular complexity index is 654. The molecule has 1 heterocycles. The zero-order valence-electron chi connectivity index (χ0n) is 11.3. The van der Waals surface area contributed by atoms with E-state index in [0.29, 0.717) is 5.16 Å². The Labute approximate surface area is 123 Å². The number of carbonyl (C=O) groups excluding carboxylic acids is 1. The highest BCUT2D eigenvalue weighted by atomic mass is 32.2. The number of halogens is 3. The Morgan fingerprint density at radius 1 is 1.33 bits per heavy atom. The number of aryl methyl sites for hydroxylation is 1. The molecule has 0 amide bonds. The van der Waals surface area contributed by atoms with Crippen molar-refractivity contribution in [1.29, 1.82) is 0 Å². The number of alkyl halides is 3. The maximum Gasteiger partial charge on any atom is 0.417 e. The van der Waals surface area contributed by atoms with Crippen molar-refractivity contribution in [3.05, 3.63) is 41.7 Å². The van der Waals surface area contributed by atoms with Crippen molar-refractivity contribution in [2.24, 2.45) is 7.05 Å². The molecule has 1 aromatic heterocycles. The quantitative estimate of drug-likeness (QED) is 0.642. The van der Waals surface area contributed by atoms with Crippen LogP contribution in [0.3, 0.4) is 0 Å². The Hall–Kier alpha value is -1.83. The summed E-state index contributed by atoms with van der Waals surface area (Å²) in [5, 5.41) is 7.24. The molecule has 0 N–H and O–H groups in total. The summed E-state index contributed by atoms with van der Waals surface area (Å²) in [5.74, 6) is -0.587. The van der Waals surface area contributed by atoms with Gasteiger partial charge in [0.1, 0.15) is 6.33 Å². The zero-order chi connectivity index (χ0) is 15.6. The van der Waals surface area contributed by atoms with Gasteiger partial charge in [-0.05, 0) is 13.0 Å². The number of benzene rings is 1. The standard InChI is InChI=1S/C13H12F3N3OS/c1-8(21-12-18-17-7-19(12)2)11(20)9-5-3-4-6-10(9)13(14,15)16/h3-8H,1-2H3. The maximum absolute atomic E-state index is 12.9. The molecule has 0 aliphatic heterocycles. The van der Waals surface area contributed by atoms with E-state index in [1.165, 1.54) is 24.5 Å². The van der Waals surface area contributed by atoms with Gasteiger partial charge in [-0.1, -0.05) is 30.0 Å². The van der Waals surface area contributed by atoms with Gasteiger partial charge in [-0.2, -0.15) is 13.2 Å². The topological polar surface area (TPSA) is 47.8 Å². The van der Waals surface area contributed by atoms with Gasteiger partial charge < -0.3 is 4.57 Å². The number of ketones is 1. The number of hydrogen-bond acceptors (Lipinski definition) is 4. The molecule has 112 valence electrons. The molecular weight excluding hydrogens is 303 g/mol. The van der Waals surface area contributed by atoms with Gasteiger partial charge in [0.05, 0.1) is 10.8 Å². The number of nitrogens with zero attached hydrogens (tertiary/aromatic N) is 3. The van der Waals surface area contributed by atoms with Crippen molar-refractivity contribution in [2.45, 2.75) is 23.5 Å². The van der Waals surface area contributed by atoms with Gasteiger partial charge in [0, 0.05) is 12.6 Å². The first-order valence-corrected chi connectivity index (χ1v) is 6.89. The predicted octanol–water partition coefficient (Wildman–Crippen LogP) is 3.20. The summed E-state index contributed by atoms with van der Waals surface area (Å²) in [6.07, 6.45) is -3.09. The Morgan fingerprint density at radius 2 is 2.00 bits per heavy atom. The van der Waals surface area contributed by atoms with Crippen LogP contribution in [0.4, 0.5) is 13.2 Å². The van der Waals surface area contributed by atoms with E-state index in [9.17, 15) is 18.0 Å². The van der Waals surface area contributed by atoms with Crippen LogP contribution in [0.2, 0.25) is 0 Å². The van der Waals surface area contributed by atoms with E-state index in [1.807, 2.05) is 0 Å². The third-order valence-electron chi connectivity index (χ3n) is 2.82. The molecule has 0 radical (unpaired) electrons. The van der Waals surface area contributed by atoms with Crippen molar-refractivity contribution in [3.63, 3.8) is 0 Å². The van der Waals surface area contributed by atoms with Crippen LogP contribution in [0.1, 0.15) is 22.8 Å². The molecule has 2 aromatic rings. The first-order valence-electron chi connectivity index (χ1n) is 6.02. The van der Waals surface area contributed by atoms with E-state index < -0.39 is 22.8 Å². The second-order valence-electron chi connectivity index (χ2n) is 4.39. The minimum absolute atomic E-state index is 0.327. The van der Waals surface area contributed by atoms with Crippen molar-refractivity contribution >= 4 is 17.5 Å². The minimum Gasteiger partial charge on any atom is -0.312 e. The Morgan fingerprint density at radius 3 is 2.57 bits per heavy atom. The average molecular weight is 315 g/mol. The number of carbonyl (C=O) groups is 1. The van der Waals surface area contributed by atoms with E-state index in [1.54, 1.807) is 18.5 Å². The van der Waals surface area contributed by atoms with Crippen LogP contribution in [-0.4, -0.2) is 25.8 Å². The lowest BCUT2D eigenvalue weighted by atomic mass is 10.0. The summed E-state index contributed by atoms with van der Waals surface area (Å²) >= 11 is 1.07. The number of rotatable bonds is 4. The first kappa shape index (κ1) is 15.6. The summed E-state index contributed by atoms with van der Waals surface area (Å²) in [5.41, 5.74) is -1.24. The normalized spacial score (nSPS) is 13.2. The maximum atomic E-state index is 12.9. The summed E-state index contributed by atoms with van der Waals surface area (Å²) in [6.45, 7) is 1.55. The highest BCUT2D eigenvalue weighted by molar-refractivity contribution is 8.00. The van der Waals surface area contributed by atoms with Crippen LogP contribution in [-0.2, 0) is 13.2 Å². The summed E-state index contributed by atoms with van der Waals surface area (Å²) < 4.78 is 40.4. The van der Waals surface area contributed by atoms with Crippen LogP contribution >= 0.6 is 11.8 Å². The van der Waals surface area contributed by atoms with E-state index >= 15 is 0 Å². The van der Waals surface area contributed by atoms with Gasteiger partial charge in [0.2, 0.25) is 0 Å². The molecule has 8 heteroatoms. The van der Waals surface area contributed by atoms with Crippen LogP contribution in [0, 0.1) is 0 Å². The number of thioether (sulfide) groups is 1. The molecule has 0 spiro atoms. The molecule has 0 fully saturated rings. The third-order valence-corrected chi connectivity index (χ3v) is 3.97. The van der Waals surface area contributed by atoms with Crippen LogP contribution in [0.5, 0.6) is 0 Å². The molecule has 0 saturated carbocycles. The van der Waals surface area contributed by atoms with Gasteiger partial charge >= 0.3 is 6.18 Å². The van der Waals surface area contributed by atoms with Crippen molar-refractivity contribution in [3.8, 4) is 0 Å². The largest absolute Gasteiger partial charge is 0.417 e. The third kappa shape index (κ3) is 3.44. The fourth-order valence-electron chi connectivity index (χ4n) is 1.76. The molecule has 21 heavy (non-hydrogen) atoms. The van der Waals surface area contributed by atoms with Crippen molar-refractivity contribution in [1.82, 2.24) is 14.8 Å². The molecule has 2 rings (SSSR count). The van der Waals surface area contributed by atoms with Crippen molar-refractivity contribution < 1.29 is 18.0 Å². The van der Waals surface area contributed by atoms with E-state index in [2.05, 4.69) is 10.2 Å². The molecule has 0 saturated heterocycles. The lowest BCUT2D eigenvalue weighted by Crippen LogP contribution is -2.19. The minimum atomic E-state index is -4.55. The molecule has 0 aliphatic carbocycles. The van der Waals surface area contributed by atoms with Gasteiger partial charge in [-0.15, -0.1) is 10.2 Å². The molecule has 1 aromatic carbocycles. The molecule has 0 bridgehead atoms. The average Bonchev–Trinajstić information content (AvgIpc) is 2.82. The van der Waals surface area contributed by atoms with E-state index in [-0.39, 0.29) is 5.56 Å². The van der Waals surface area contributed by atoms with Crippen LogP contribution < -0.4 is 0 Å². The Kier molecular flexibility index (Phi) is 4.36. The van der Waals surface area contributed by atoms with Gasteiger partial charge in [-0.3, -0.25) is 4.79 Å². The summed E-state index contributed by atoms with van der Waals surface area (Å²) in [6, 6.07) is 4.79. The fraction of sp³-hybridized carbons (Fsp3) is 0.308. The Balaban J connectivity index is 2.26. The van der Waals surface area contributed by atoms with Gasteiger partial charge in [0.25, 0.3) is 0 Å². The second kappa shape index (κ2) is 5.88. The summed E-state index contributed by atoms with van der Waals surface area (Å²) in [7, 11) is 1.70. The number of hydrogen-bond donors (Lipinski definition) is 0. The molecule has 1 atom stereocenters. The second-order valence-corrected chi connectivity index (χ2v) is 5.70. The summed E-state index contributed by atoms with van der Waals surface area (Å²) in [4.78, 5) is 12.3. The predicted molar refractivity (Wildman–Crippen MR) is 72.1 cm³/mol. The highest BCUT2D eigenvalue weighted by Crippen LogP contribution is 2.34. The van der Waals surface area contributed by atoms with E-state index in [4.69, 9.17) is 0 Å². The molecule has 1 unspecified atom stereocenters. The zero-order valence-corrected chi connectivity index (χ0v) is 12.1. The van der Waals surface area contributed by atoms with Crippen LogP contribution in [0.25, 0.3) is 0 Å². The van der Waals surface area contributed by atoms with E-state index in [0.717, 1.165) is 17.8 Å². The number of Topliss-reactive ketones (excluding diaryl/α,β-unsaturated/α-hetero) is 1. The molecule has 0 aliphatic rings. The lowest BCUT2D eigenvalue weighted by molar-refractivity contribution is -0.137. The molecular formula is C13H12F3N3OS. The van der Waals surface area contributed by atoms with Crippen LogP contribution in [0.15, 0.2) is 35.7 Å². The number of aromatic nitrogens is 3. The van der Waals surface area contributed by atoms with Gasteiger partial charge in [-0.25, -0.2) is 0 Å². The van der Waals surface area contributed by atoms with Crippen molar-refractivity contribution in [2.75, 3.05) is 0 Å². The molecule has 4 nitrogen and oxygen atoms in total. The monoisotopic (exact) mass is 315 g/mol. The highest BCUT2D eigenvalue weighted by Gasteiger charge is 2.35. The lowest BCUT2D eigenvalue weighted by Gasteiger charge is -2.14. The fourth-order valence-corrected chi connectivity index (χ4v) is 2.61. The van der Waals surface area contributed by atoms with Gasteiger partial charge in [0.15, 0.2) is 10.9 Å². The SMILES string of the molecule is CC(Sc1nncn1C)C(=O)c1ccccc1C(F)(F)F. The smallest absolute Gasteiger partial charge is 0.312 e. The first-order chi connectivity index (χ1) is 9.80.